The lowest BCUT2D eigenvalue weighted by molar-refractivity contribution is 0.396. The first-order chi connectivity index (χ1) is 7.22. The molecule has 0 heterocycles. The van der Waals surface area contributed by atoms with E-state index in [1.807, 2.05) is 12.1 Å². The van der Waals surface area contributed by atoms with E-state index in [2.05, 4.69) is 15.9 Å². The first-order valence-electron chi connectivity index (χ1n) is 4.83. The predicted molar refractivity (Wildman–Crippen MR) is 64.6 cm³/mol. The fraction of sp³-hybridized carbons (Fsp3) is 0.455. The van der Waals surface area contributed by atoms with Gasteiger partial charge < -0.3 is 15.2 Å². The first kappa shape index (κ1) is 12.3. The van der Waals surface area contributed by atoms with Gasteiger partial charge in [0.1, 0.15) is 11.5 Å². The van der Waals surface area contributed by atoms with Crippen molar-refractivity contribution in [3.8, 4) is 11.5 Å². The zero-order valence-electron chi connectivity index (χ0n) is 9.05. The highest BCUT2D eigenvalue weighted by Gasteiger charge is 2.09. The number of hydrogen-bond donors (Lipinski definition) is 1. The summed E-state index contributed by atoms with van der Waals surface area (Å²) in [6.07, 6.45) is 1.84. The minimum atomic E-state index is 0.679. The van der Waals surface area contributed by atoms with Crippen LogP contribution in [0.3, 0.4) is 0 Å². The maximum Gasteiger partial charge on any atom is 0.136 e. The van der Waals surface area contributed by atoms with Gasteiger partial charge in [0.05, 0.1) is 18.7 Å². The Balaban J connectivity index is 3.02. The molecule has 0 atom stereocenters. The van der Waals surface area contributed by atoms with Crippen LogP contribution in [0.2, 0.25) is 0 Å². The number of aryl methyl sites for hydroxylation is 1. The molecule has 0 amide bonds. The standard InChI is InChI=1S/C11H16BrNO2/c1-14-9-6-8(4-3-5-13)11(15-2)10(12)7-9/h6-7H,3-5,13H2,1-2H3. The molecule has 2 N–H and O–H groups in total. The third kappa shape index (κ3) is 3.11. The molecule has 15 heavy (non-hydrogen) atoms. The molecular weight excluding hydrogens is 258 g/mol. The Morgan fingerprint density at radius 2 is 2.00 bits per heavy atom. The van der Waals surface area contributed by atoms with Crippen LogP contribution in [0.5, 0.6) is 11.5 Å². The normalized spacial score (nSPS) is 10.1. The summed E-state index contributed by atoms with van der Waals surface area (Å²) < 4.78 is 11.4. The summed E-state index contributed by atoms with van der Waals surface area (Å²) in [5.41, 5.74) is 6.61. The van der Waals surface area contributed by atoms with Crippen LogP contribution in [0.4, 0.5) is 0 Å². The smallest absolute Gasteiger partial charge is 0.136 e. The van der Waals surface area contributed by atoms with Crippen LogP contribution in [0.25, 0.3) is 0 Å². The van der Waals surface area contributed by atoms with E-state index < -0.39 is 0 Å². The molecule has 84 valence electrons. The lowest BCUT2D eigenvalue weighted by atomic mass is 10.1. The number of halogens is 1. The highest BCUT2D eigenvalue weighted by atomic mass is 79.9. The maximum atomic E-state index is 5.49. The van der Waals surface area contributed by atoms with Gasteiger partial charge in [0.2, 0.25) is 0 Å². The van der Waals surface area contributed by atoms with Crippen LogP contribution in [-0.4, -0.2) is 20.8 Å². The Labute approximate surface area is 98.7 Å². The summed E-state index contributed by atoms with van der Waals surface area (Å²) in [5.74, 6) is 1.69. The maximum absolute atomic E-state index is 5.49. The third-order valence-corrected chi connectivity index (χ3v) is 2.77. The van der Waals surface area contributed by atoms with E-state index in [1.54, 1.807) is 14.2 Å². The summed E-state index contributed by atoms with van der Waals surface area (Å²) in [7, 11) is 3.32. The van der Waals surface area contributed by atoms with E-state index in [-0.39, 0.29) is 0 Å². The molecule has 3 nitrogen and oxygen atoms in total. The second-order valence-electron chi connectivity index (χ2n) is 3.19. The molecule has 0 spiro atoms. The number of hydrogen-bond acceptors (Lipinski definition) is 3. The Morgan fingerprint density at radius 1 is 1.27 bits per heavy atom. The average Bonchev–Trinajstić information content (AvgIpc) is 2.25. The molecule has 0 aliphatic carbocycles. The lowest BCUT2D eigenvalue weighted by Crippen LogP contribution is -2.02. The van der Waals surface area contributed by atoms with Gasteiger partial charge in [0, 0.05) is 0 Å². The van der Waals surface area contributed by atoms with Crippen LogP contribution in [-0.2, 0) is 6.42 Å². The Hall–Kier alpha value is -0.740. The summed E-state index contributed by atoms with van der Waals surface area (Å²) >= 11 is 3.45. The molecule has 4 heteroatoms. The van der Waals surface area contributed by atoms with Crippen LogP contribution in [0.1, 0.15) is 12.0 Å². The monoisotopic (exact) mass is 273 g/mol. The topological polar surface area (TPSA) is 44.5 Å². The van der Waals surface area contributed by atoms with Crippen LogP contribution in [0.15, 0.2) is 16.6 Å². The van der Waals surface area contributed by atoms with Gasteiger partial charge in [-0.2, -0.15) is 0 Å². The quantitative estimate of drug-likeness (QED) is 0.896. The molecule has 0 aliphatic heterocycles. The van der Waals surface area contributed by atoms with Crippen molar-refractivity contribution in [3.63, 3.8) is 0 Å². The van der Waals surface area contributed by atoms with Crippen LogP contribution < -0.4 is 15.2 Å². The Kier molecular flexibility index (Phi) is 4.91. The molecule has 0 fully saturated rings. The van der Waals surface area contributed by atoms with Gasteiger partial charge in [0.15, 0.2) is 0 Å². The van der Waals surface area contributed by atoms with Gasteiger partial charge in [-0.1, -0.05) is 0 Å². The van der Waals surface area contributed by atoms with Crippen molar-refractivity contribution in [1.29, 1.82) is 0 Å². The van der Waals surface area contributed by atoms with Crippen molar-refractivity contribution in [2.45, 2.75) is 12.8 Å². The fourth-order valence-corrected chi connectivity index (χ4v) is 2.09. The van der Waals surface area contributed by atoms with E-state index in [0.29, 0.717) is 6.54 Å². The van der Waals surface area contributed by atoms with Gasteiger partial charge in [-0.05, 0) is 53.0 Å². The van der Waals surface area contributed by atoms with Gasteiger partial charge in [-0.3, -0.25) is 0 Å². The second kappa shape index (κ2) is 5.98. The van der Waals surface area contributed by atoms with E-state index >= 15 is 0 Å². The van der Waals surface area contributed by atoms with Crippen molar-refractivity contribution in [3.05, 3.63) is 22.2 Å². The molecule has 0 bridgehead atoms. The summed E-state index contributed by atoms with van der Waals surface area (Å²) in [5, 5.41) is 0. The van der Waals surface area contributed by atoms with Crippen molar-refractivity contribution in [1.82, 2.24) is 0 Å². The van der Waals surface area contributed by atoms with Crippen LogP contribution >= 0.6 is 15.9 Å². The largest absolute Gasteiger partial charge is 0.497 e. The number of benzene rings is 1. The predicted octanol–water partition coefficient (Wildman–Crippen LogP) is 2.36. The molecule has 0 saturated carbocycles. The SMILES string of the molecule is COc1cc(Br)c(OC)c(CCCN)c1. The number of nitrogens with two attached hydrogens (primary N) is 1. The Bertz CT molecular complexity index is 329. The molecule has 1 aromatic carbocycles. The van der Waals surface area contributed by atoms with Crippen molar-refractivity contribution >= 4 is 15.9 Å². The molecule has 1 aromatic rings. The molecule has 0 radical (unpaired) electrons. The molecule has 0 unspecified atom stereocenters. The van der Waals surface area contributed by atoms with E-state index in [1.165, 1.54) is 0 Å². The summed E-state index contributed by atoms with van der Waals surface area (Å²) in [4.78, 5) is 0. The van der Waals surface area contributed by atoms with Gasteiger partial charge in [-0.15, -0.1) is 0 Å². The highest BCUT2D eigenvalue weighted by Crippen LogP contribution is 2.34. The fourth-order valence-electron chi connectivity index (χ4n) is 1.45. The summed E-state index contributed by atoms with van der Waals surface area (Å²) in [6.45, 7) is 0.679. The highest BCUT2D eigenvalue weighted by molar-refractivity contribution is 9.10. The first-order valence-corrected chi connectivity index (χ1v) is 5.62. The van der Waals surface area contributed by atoms with Crippen molar-refractivity contribution in [2.75, 3.05) is 20.8 Å². The molecule has 0 aliphatic rings. The van der Waals surface area contributed by atoms with Crippen molar-refractivity contribution < 1.29 is 9.47 Å². The van der Waals surface area contributed by atoms with E-state index in [9.17, 15) is 0 Å². The molecule has 0 saturated heterocycles. The molecule has 1 rings (SSSR count). The zero-order chi connectivity index (χ0) is 11.3. The second-order valence-corrected chi connectivity index (χ2v) is 4.05. The van der Waals surface area contributed by atoms with E-state index in [4.69, 9.17) is 15.2 Å². The summed E-state index contributed by atoms with van der Waals surface area (Å²) in [6, 6.07) is 3.88. The lowest BCUT2D eigenvalue weighted by Gasteiger charge is -2.12. The molecule has 0 aromatic heterocycles. The van der Waals surface area contributed by atoms with E-state index in [0.717, 1.165) is 34.4 Å². The number of rotatable bonds is 5. The third-order valence-electron chi connectivity index (χ3n) is 2.18. The Morgan fingerprint density at radius 3 is 2.53 bits per heavy atom. The number of ether oxygens (including phenoxy) is 2. The average molecular weight is 274 g/mol. The zero-order valence-corrected chi connectivity index (χ0v) is 10.6. The minimum absolute atomic E-state index is 0.679. The molecular formula is C11H16BrNO2. The van der Waals surface area contributed by atoms with Crippen LogP contribution in [0, 0.1) is 0 Å². The minimum Gasteiger partial charge on any atom is -0.497 e. The van der Waals surface area contributed by atoms with Gasteiger partial charge in [0.25, 0.3) is 0 Å². The van der Waals surface area contributed by atoms with Gasteiger partial charge in [-0.25, -0.2) is 0 Å². The van der Waals surface area contributed by atoms with Crippen molar-refractivity contribution in [2.24, 2.45) is 5.73 Å². The number of methoxy groups -OCH3 is 2. The van der Waals surface area contributed by atoms with Gasteiger partial charge >= 0.3 is 0 Å².